The van der Waals surface area contributed by atoms with Crippen molar-refractivity contribution in [3.63, 3.8) is 0 Å². The largest absolute Gasteiger partial charge is 0.481 e. The molecule has 0 amide bonds. The third kappa shape index (κ3) is 3.18. The third-order valence-electron chi connectivity index (χ3n) is 1.96. The van der Waals surface area contributed by atoms with E-state index in [0.29, 0.717) is 11.6 Å². The molecular formula is C11H16N2O3. The Hall–Kier alpha value is -1.65. The molecule has 88 valence electrons. The molecule has 0 bridgehead atoms. The summed E-state index contributed by atoms with van der Waals surface area (Å²) in [6.07, 6.45) is 0.00211. The van der Waals surface area contributed by atoms with Crippen molar-refractivity contribution in [1.82, 2.24) is 9.97 Å². The molecule has 0 spiro atoms. The summed E-state index contributed by atoms with van der Waals surface area (Å²) in [6.45, 7) is 7.11. The Kier molecular flexibility index (Phi) is 3.82. The Bertz CT molecular complexity index is 391. The molecule has 0 aliphatic rings. The first-order chi connectivity index (χ1) is 7.40. The van der Waals surface area contributed by atoms with Gasteiger partial charge in [-0.2, -0.15) is 4.98 Å². The minimum absolute atomic E-state index is 0.00211. The van der Waals surface area contributed by atoms with Crippen LogP contribution in [-0.2, 0) is 4.79 Å². The predicted molar refractivity (Wildman–Crippen MR) is 58.6 cm³/mol. The monoisotopic (exact) mass is 224 g/mol. The van der Waals surface area contributed by atoms with Crippen LogP contribution in [0.25, 0.3) is 0 Å². The zero-order valence-corrected chi connectivity index (χ0v) is 9.89. The number of carboxylic acids is 1. The molecule has 0 saturated carbocycles. The predicted octanol–water partition coefficient (Wildman–Crippen LogP) is 1.76. The van der Waals surface area contributed by atoms with E-state index in [1.54, 1.807) is 19.9 Å². The van der Waals surface area contributed by atoms with Crippen molar-refractivity contribution in [3.05, 3.63) is 17.6 Å². The fraction of sp³-hybridized carbons (Fsp3) is 0.545. The number of aromatic nitrogens is 2. The molecule has 1 heterocycles. The summed E-state index contributed by atoms with van der Waals surface area (Å²) in [5.74, 6) is -0.968. The number of carbonyl (C=O) groups is 1. The van der Waals surface area contributed by atoms with Crippen molar-refractivity contribution in [1.29, 1.82) is 0 Å². The van der Waals surface area contributed by atoms with E-state index in [0.717, 1.165) is 0 Å². The highest BCUT2D eigenvalue weighted by atomic mass is 16.5. The summed E-state index contributed by atoms with van der Waals surface area (Å²) in [7, 11) is 0. The molecule has 1 atom stereocenters. The maximum absolute atomic E-state index is 10.8. The van der Waals surface area contributed by atoms with E-state index >= 15 is 0 Å². The van der Waals surface area contributed by atoms with E-state index in [-0.39, 0.29) is 11.9 Å². The second-order valence-corrected chi connectivity index (χ2v) is 3.93. The molecule has 1 unspecified atom stereocenters. The first kappa shape index (κ1) is 12.4. The average molecular weight is 224 g/mol. The Morgan fingerprint density at radius 2 is 2.00 bits per heavy atom. The van der Waals surface area contributed by atoms with Gasteiger partial charge in [-0.1, -0.05) is 0 Å². The van der Waals surface area contributed by atoms with Gasteiger partial charge >= 0.3 is 5.97 Å². The molecule has 5 nitrogen and oxygen atoms in total. The van der Waals surface area contributed by atoms with Gasteiger partial charge in [-0.25, -0.2) is 4.98 Å². The fourth-order valence-corrected chi connectivity index (χ4v) is 1.17. The number of nitrogens with zero attached hydrogens (tertiary/aromatic N) is 2. The number of ether oxygens (including phenoxy) is 1. The highest BCUT2D eigenvalue weighted by molar-refractivity contribution is 5.74. The second-order valence-electron chi connectivity index (χ2n) is 3.93. The van der Waals surface area contributed by atoms with Gasteiger partial charge in [0, 0.05) is 11.8 Å². The van der Waals surface area contributed by atoms with Gasteiger partial charge in [0.1, 0.15) is 11.7 Å². The van der Waals surface area contributed by atoms with Crippen molar-refractivity contribution in [3.8, 4) is 5.88 Å². The first-order valence-electron chi connectivity index (χ1n) is 5.15. The van der Waals surface area contributed by atoms with Crippen LogP contribution in [0.4, 0.5) is 0 Å². The molecule has 0 aliphatic heterocycles. The molecule has 1 aromatic rings. The lowest BCUT2D eigenvalue weighted by Crippen LogP contribution is -2.14. The molecule has 16 heavy (non-hydrogen) atoms. The van der Waals surface area contributed by atoms with Crippen LogP contribution in [0.2, 0.25) is 0 Å². The van der Waals surface area contributed by atoms with Crippen LogP contribution in [-0.4, -0.2) is 27.1 Å². The molecule has 5 heteroatoms. The summed E-state index contributed by atoms with van der Waals surface area (Å²) in [4.78, 5) is 19.0. The van der Waals surface area contributed by atoms with Gasteiger partial charge in [0.15, 0.2) is 0 Å². The van der Waals surface area contributed by atoms with Crippen LogP contribution < -0.4 is 4.74 Å². The van der Waals surface area contributed by atoms with Gasteiger partial charge in [-0.15, -0.1) is 0 Å². The summed E-state index contributed by atoms with van der Waals surface area (Å²) >= 11 is 0. The van der Waals surface area contributed by atoms with Crippen LogP contribution in [0.3, 0.4) is 0 Å². The number of rotatable bonds is 4. The number of carboxylic acid groups (broad SMARTS) is 1. The van der Waals surface area contributed by atoms with E-state index in [1.165, 1.54) is 0 Å². The Balaban J connectivity index is 3.02. The van der Waals surface area contributed by atoms with Crippen LogP contribution in [0, 0.1) is 6.92 Å². The maximum atomic E-state index is 10.8. The normalized spacial score (nSPS) is 12.6. The molecule has 0 fully saturated rings. The van der Waals surface area contributed by atoms with Gasteiger partial charge in [0.25, 0.3) is 0 Å². The molecule has 0 aliphatic carbocycles. The lowest BCUT2D eigenvalue weighted by Gasteiger charge is -2.11. The van der Waals surface area contributed by atoms with Crippen LogP contribution in [0.15, 0.2) is 6.07 Å². The Morgan fingerprint density at radius 1 is 1.38 bits per heavy atom. The fourth-order valence-electron chi connectivity index (χ4n) is 1.17. The van der Waals surface area contributed by atoms with Crippen molar-refractivity contribution in [2.75, 3.05) is 0 Å². The number of hydrogen-bond acceptors (Lipinski definition) is 4. The van der Waals surface area contributed by atoms with Crippen LogP contribution in [0.1, 0.15) is 38.2 Å². The van der Waals surface area contributed by atoms with Gasteiger partial charge in [-0.3, -0.25) is 4.79 Å². The number of aliphatic carboxylic acids is 1. The van der Waals surface area contributed by atoms with Crippen molar-refractivity contribution in [2.45, 2.75) is 39.7 Å². The summed E-state index contributed by atoms with van der Waals surface area (Å²) in [5.41, 5.74) is 0.703. The quantitative estimate of drug-likeness (QED) is 0.843. The molecule has 0 radical (unpaired) electrons. The van der Waals surface area contributed by atoms with E-state index in [1.807, 2.05) is 13.8 Å². The number of aryl methyl sites for hydroxylation is 1. The molecule has 1 aromatic heterocycles. The number of hydrogen-bond donors (Lipinski definition) is 1. The van der Waals surface area contributed by atoms with Crippen molar-refractivity contribution in [2.24, 2.45) is 0 Å². The Labute approximate surface area is 94.5 Å². The van der Waals surface area contributed by atoms with Gasteiger partial charge < -0.3 is 9.84 Å². The summed E-state index contributed by atoms with van der Waals surface area (Å²) in [5, 5.41) is 8.88. The average Bonchev–Trinajstić information content (AvgIpc) is 2.14. The van der Waals surface area contributed by atoms with Gasteiger partial charge in [0.05, 0.1) is 6.10 Å². The van der Waals surface area contributed by atoms with Crippen molar-refractivity contribution < 1.29 is 14.6 Å². The molecule has 1 N–H and O–H groups in total. The van der Waals surface area contributed by atoms with E-state index in [9.17, 15) is 4.79 Å². The SMILES string of the molecule is Cc1cc(OC(C)C)nc(C(C)C(=O)O)n1. The zero-order valence-electron chi connectivity index (χ0n) is 9.89. The first-order valence-corrected chi connectivity index (χ1v) is 5.15. The third-order valence-corrected chi connectivity index (χ3v) is 1.96. The van der Waals surface area contributed by atoms with E-state index < -0.39 is 11.9 Å². The lowest BCUT2D eigenvalue weighted by atomic mass is 10.1. The van der Waals surface area contributed by atoms with Gasteiger partial charge in [0.2, 0.25) is 5.88 Å². The summed E-state index contributed by atoms with van der Waals surface area (Å²) < 4.78 is 5.42. The van der Waals surface area contributed by atoms with E-state index in [2.05, 4.69) is 9.97 Å². The zero-order chi connectivity index (χ0) is 12.3. The highest BCUT2D eigenvalue weighted by Crippen LogP contribution is 2.16. The minimum atomic E-state index is -0.943. The standard InChI is InChI=1S/C11H16N2O3/c1-6(2)16-9-5-7(3)12-10(13-9)8(4)11(14)15/h5-6,8H,1-4H3,(H,14,15). The smallest absolute Gasteiger partial charge is 0.313 e. The lowest BCUT2D eigenvalue weighted by molar-refractivity contribution is -0.138. The Morgan fingerprint density at radius 3 is 2.50 bits per heavy atom. The maximum Gasteiger partial charge on any atom is 0.313 e. The second kappa shape index (κ2) is 4.92. The molecular weight excluding hydrogens is 208 g/mol. The van der Waals surface area contributed by atoms with Crippen LogP contribution >= 0.6 is 0 Å². The topological polar surface area (TPSA) is 72.3 Å². The molecule has 0 aromatic carbocycles. The summed E-state index contributed by atoms with van der Waals surface area (Å²) in [6, 6.07) is 1.69. The molecule has 0 saturated heterocycles. The minimum Gasteiger partial charge on any atom is -0.481 e. The molecule has 1 rings (SSSR count). The highest BCUT2D eigenvalue weighted by Gasteiger charge is 2.18. The van der Waals surface area contributed by atoms with Gasteiger partial charge in [-0.05, 0) is 27.7 Å². The van der Waals surface area contributed by atoms with Crippen molar-refractivity contribution >= 4 is 5.97 Å². The van der Waals surface area contributed by atoms with Crippen LogP contribution in [0.5, 0.6) is 5.88 Å². The van der Waals surface area contributed by atoms with E-state index in [4.69, 9.17) is 9.84 Å².